The fourth-order valence-electron chi connectivity index (χ4n) is 3.76. The summed E-state index contributed by atoms with van der Waals surface area (Å²) in [5, 5.41) is 3.57. The van der Waals surface area contributed by atoms with Crippen LogP contribution in [0.1, 0.15) is 24.0 Å². The molecule has 6 nitrogen and oxygen atoms in total. The van der Waals surface area contributed by atoms with E-state index in [-0.39, 0.29) is 29.6 Å². The number of ether oxygens (including phenoxy) is 2. The Hall–Kier alpha value is -1.79. The predicted molar refractivity (Wildman–Crippen MR) is 91.3 cm³/mol. The van der Waals surface area contributed by atoms with E-state index >= 15 is 0 Å². The quantitative estimate of drug-likeness (QED) is 0.889. The lowest BCUT2D eigenvalue weighted by molar-refractivity contribution is -0.155. The maximum atomic E-state index is 12.4. The van der Waals surface area contributed by atoms with E-state index in [2.05, 4.69) is 5.32 Å². The Kier molecular flexibility index (Phi) is 4.12. The maximum absolute atomic E-state index is 12.4. The van der Waals surface area contributed by atoms with Crippen LogP contribution in [0, 0.1) is 12.8 Å². The van der Waals surface area contributed by atoms with Gasteiger partial charge in [-0.2, -0.15) is 0 Å². The van der Waals surface area contributed by atoms with Gasteiger partial charge in [0.1, 0.15) is 6.61 Å². The average molecular weight is 365 g/mol. The molecule has 0 unspecified atom stereocenters. The molecule has 4 rings (SSSR count). The first kappa shape index (κ1) is 16.7. The molecule has 1 aromatic carbocycles. The molecule has 3 aliphatic rings. The number of cyclic esters (lactones) is 1. The SMILES string of the molecule is Cc1cc(COC2CN(C(=O)[C@H]3C[C@@]4(COC(=O)N4)C3)C2)ccc1Cl. The minimum absolute atomic E-state index is 0.0122. The number of alkyl carbamates (subject to hydrolysis) is 1. The van der Waals surface area contributed by atoms with E-state index in [9.17, 15) is 9.59 Å². The first-order valence-electron chi connectivity index (χ1n) is 8.54. The van der Waals surface area contributed by atoms with Crippen LogP contribution in [0.5, 0.6) is 0 Å². The van der Waals surface area contributed by atoms with Gasteiger partial charge in [-0.05, 0) is 37.0 Å². The number of nitrogens with zero attached hydrogens (tertiary/aromatic N) is 1. The van der Waals surface area contributed by atoms with Gasteiger partial charge in [0.15, 0.2) is 0 Å². The second-order valence-corrected chi connectivity index (χ2v) is 7.75. The Morgan fingerprint density at radius 1 is 1.44 bits per heavy atom. The Morgan fingerprint density at radius 2 is 2.20 bits per heavy atom. The third-order valence-corrected chi connectivity index (χ3v) is 5.76. The first-order chi connectivity index (χ1) is 11.9. The Bertz CT molecular complexity index is 711. The van der Waals surface area contributed by atoms with Crippen molar-refractivity contribution in [3.63, 3.8) is 0 Å². The molecule has 1 N–H and O–H groups in total. The van der Waals surface area contributed by atoms with Crippen molar-refractivity contribution in [3.05, 3.63) is 34.3 Å². The molecule has 3 fully saturated rings. The maximum Gasteiger partial charge on any atom is 0.407 e. The monoisotopic (exact) mass is 364 g/mol. The topological polar surface area (TPSA) is 67.9 Å². The van der Waals surface area contributed by atoms with Gasteiger partial charge in [-0.25, -0.2) is 4.79 Å². The van der Waals surface area contributed by atoms with Crippen LogP contribution in [-0.2, 0) is 20.9 Å². The highest BCUT2D eigenvalue weighted by Crippen LogP contribution is 2.42. The lowest BCUT2D eigenvalue weighted by atomic mass is 9.68. The fourth-order valence-corrected chi connectivity index (χ4v) is 3.88. The lowest BCUT2D eigenvalue weighted by Gasteiger charge is -2.47. The summed E-state index contributed by atoms with van der Waals surface area (Å²) < 4.78 is 10.8. The summed E-state index contributed by atoms with van der Waals surface area (Å²) in [4.78, 5) is 25.4. The molecule has 134 valence electrons. The van der Waals surface area contributed by atoms with Crippen molar-refractivity contribution >= 4 is 23.6 Å². The van der Waals surface area contributed by atoms with Gasteiger partial charge in [0.2, 0.25) is 5.91 Å². The zero-order chi connectivity index (χ0) is 17.6. The molecule has 1 spiro atoms. The summed E-state index contributed by atoms with van der Waals surface area (Å²) in [5.74, 6) is 0.149. The highest BCUT2D eigenvalue weighted by molar-refractivity contribution is 6.31. The second kappa shape index (κ2) is 6.18. The molecule has 2 heterocycles. The summed E-state index contributed by atoms with van der Waals surface area (Å²) in [7, 11) is 0. The molecule has 2 aliphatic heterocycles. The summed E-state index contributed by atoms with van der Waals surface area (Å²) in [6.07, 6.45) is 1.05. The van der Waals surface area contributed by atoms with E-state index in [1.54, 1.807) is 0 Å². The minimum atomic E-state index is -0.374. The standard InChI is InChI=1S/C18H21ClN2O4/c1-11-4-12(2-3-15(11)19)9-24-14-7-21(8-14)16(22)13-5-18(6-13)10-25-17(23)20-18/h2-4,13-14H,5-10H2,1H3,(H,20,23)/t13-,18-. The van der Waals surface area contributed by atoms with Crippen molar-refractivity contribution < 1.29 is 19.1 Å². The number of amides is 2. The fraction of sp³-hybridized carbons (Fsp3) is 0.556. The van der Waals surface area contributed by atoms with Gasteiger partial charge in [0.25, 0.3) is 0 Å². The number of aryl methyl sites for hydroxylation is 1. The van der Waals surface area contributed by atoms with Crippen LogP contribution in [0.4, 0.5) is 4.79 Å². The molecular formula is C18H21ClN2O4. The number of hydrogen-bond donors (Lipinski definition) is 1. The predicted octanol–water partition coefficient (Wildman–Crippen LogP) is 2.26. The summed E-state index contributed by atoms with van der Waals surface area (Å²) in [6.45, 7) is 4.15. The first-order valence-corrected chi connectivity index (χ1v) is 8.92. The molecule has 1 saturated carbocycles. The van der Waals surface area contributed by atoms with Gasteiger partial charge in [0.05, 0.1) is 18.2 Å². The highest BCUT2D eigenvalue weighted by Gasteiger charge is 2.54. The molecule has 1 aromatic rings. The zero-order valence-corrected chi connectivity index (χ0v) is 14.8. The molecule has 0 aromatic heterocycles. The Labute approximate surface area is 151 Å². The second-order valence-electron chi connectivity index (χ2n) is 7.35. The van der Waals surface area contributed by atoms with Crippen LogP contribution in [-0.4, -0.2) is 48.2 Å². The number of hydrogen-bond acceptors (Lipinski definition) is 4. The molecule has 2 amide bonds. The minimum Gasteiger partial charge on any atom is -0.447 e. The van der Waals surface area contributed by atoms with E-state index in [0.29, 0.717) is 39.1 Å². The third-order valence-electron chi connectivity index (χ3n) is 5.34. The van der Waals surface area contributed by atoms with Crippen LogP contribution in [0.2, 0.25) is 5.02 Å². The van der Waals surface area contributed by atoms with Gasteiger partial charge in [0, 0.05) is 24.0 Å². The van der Waals surface area contributed by atoms with E-state index in [1.165, 1.54) is 0 Å². The van der Waals surface area contributed by atoms with E-state index < -0.39 is 0 Å². The van der Waals surface area contributed by atoms with Gasteiger partial charge < -0.3 is 19.7 Å². The van der Waals surface area contributed by atoms with Crippen LogP contribution in [0.3, 0.4) is 0 Å². The van der Waals surface area contributed by atoms with Crippen LogP contribution in [0.15, 0.2) is 18.2 Å². The molecule has 1 aliphatic carbocycles. The normalized spacial score (nSPS) is 28.3. The number of likely N-dealkylation sites (tertiary alicyclic amines) is 1. The zero-order valence-electron chi connectivity index (χ0n) is 14.1. The van der Waals surface area contributed by atoms with Gasteiger partial charge in [-0.1, -0.05) is 23.7 Å². The van der Waals surface area contributed by atoms with Crippen molar-refractivity contribution in [2.24, 2.45) is 5.92 Å². The smallest absolute Gasteiger partial charge is 0.407 e. The largest absolute Gasteiger partial charge is 0.447 e. The average Bonchev–Trinajstić information content (AvgIpc) is 2.90. The molecule has 7 heteroatoms. The molecule has 0 bridgehead atoms. The molecular weight excluding hydrogens is 344 g/mol. The number of benzene rings is 1. The van der Waals surface area contributed by atoms with Crippen molar-refractivity contribution in [1.29, 1.82) is 0 Å². The number of carbonyl (C=O) groups is 2. The number of nitrogens with one attached hydrogen (secondary N) is 1. The number of carbonyl (C=O) groups excluding carboxylic acids is 2. The van der Waals surface area contributed by atoms with E-state index in [1.807, 2.05) is 30.0 Å². The molecule has 0 radical (unpaired) electrons. The lowest BCUT2D eigenvalue weighted by Crippen LogP contribution is -2.62. The summed E-state index contributed by atoms with van der Waals surface area (Å²) >= 11 is 6.02. The molecule has 2 saturated heterocycles. The Balaban J connectivity index is 1.20. The van der Waals surface area contributed by atoms with Gasteiger partial charge in [-0.3, -0.25) is 4.79 Å². The van der Waals surface area contributed by atoms with Crippen molar-refractivity contribution in [1.82, 2.24) is 10.2 Å². The van der Waals surface area contributed by atoms with Gasteiger partial charge in [-0.15, -0.1) is 0 Å². The van der Waals surface area contributed by atoms with Crippen LogP contribution < -0.4 is 5.32 Å². The van der Waals surface area contributed by atoms with Crippen molar-refractivity contribution in [3.8, 4) is 0 Å². The summed E-state index contributed by atoms with van der Waals surface area (Å²) in [6, 6.07) is 5.86. The molecule has 25 heavy (non-hydrogen) atoms. The highest BCUT2D eigenvalue weighted by atomic mass is 35.5. The van der Waals surface area contributed by atoms with Crippen molar-refractivity contribution in [2.75, 3.05) is 19.7 Å². The molecule has 0 atom stereocenters. The summed E-state index contributed by atoms with van der Waals surface area (Å²) in [5.41, 5.74) is 1.82. The van der Waals surface area contributed by atoms with Crippen LogP contribution in [0.25, 0.3) is 0 Å². The van der Waals surface area contributed by atoms with Gasteiger partial charge >= 0.3 is 6.09 Å². The van der Waals surface area contributed by atoms with Crippen LogP contribution >= 0.6 is 11.6 Å². The van der Waals surface area contributed by atoms with E-state index in [4.69, 9.17) is 21.1 Å². The Morgan fingerprint density at radius 3 is 2.84 bits per heavy atom. The third kappa shape index (κ3) is 3.20. The number of rotatable bonds is 4. The van der Waals surface area contributed by atoms with E-state index in [0.717, 1.165) is 16.1 Å². The number of halogens is 1. The van der Waals surface area contributed by atoms with Crippen molar-refractivity contribution in [2.45, 2.75) is 38.0 Å².